The summed E-state index contributed by atoms with van der Waals surface area (Å²) in [5.74, 6) is -1.42. The first kappa shape index (κ1) is 13.2. The Morgan fingerprint density at radius 1 is 1.26 bits per heavy atom. The van der Waals surface area contributed by atoms with E-state index in [1.54, 1.807) is 0 Å². The number of nitrogens with zero attached hydrogens (tertiary/aromatic N) is 2. The summed E-state index contributed by atoms with van der Waals surface area (Å²) in [6.07, 6.45) is 0. The van der Waals surface area contributed by atoms with E-state index in [9.17, 15) is 18.9 Å². The third kappa shape index (κ3) is 3.14. The van der Waals surface area contributed by atoms with Gasteiger partial charge < -0.3 is 5.32 Å². The molecule has 0 atom stereocenters. The van der Waals surface area contributed by atoms with E-state index < -0.39 is 16.6 Å². The third-order valence-corrected chi connectivity index (χ3v) is 2.37. The van der Waals surface area contributed by atoms with Crippen LogP contribution < -0.4 is 5.32 Å². The van der Waals surface area contributed by atoms with Gasteiger partial charge in [0.25, 0.3) is 5.69 Å². The van der Waals surface area contributed by atoms with Gasteiger partial charge in [-0.15, -0.1) is 0 Å². The molecule has 8 heteroatoms. The molecule has 0 amide bonds. The molecule has 2 rings (SSSR count). The summed E-state index contributed by atoms with van der Waals surface area (Å²) in [4.78, 5) is 13.7. The van der Waals surface area contributed by atoms with Gasteiger partial charge >= 0.3 is 0 Å². The minimum absolute atomic E-state index is 0.0521. The summed E-state index contributed by atoms with van der Waals surface area (Å²) in [6, 6.07) is 4.90. The molecule has 0 bridgehead atoms. The SMILES string of the molecule is O=[N+]([O-])c1cc(Cl)nc(Nc2cc(F)ccc2F)c1. The normalized spacial score (nSPS) is 10.3. The van der Waals surface area contributed by atoms with Crippen molar-refractivity contribution in [2.45, 2.75) is 0 Å². The Morgan fingerprint density at radius 3 is 2.68 bits per heavy atom. The predicted octanol–water partition coefficient (Wildman–Crippen LogP) is 3.67. The van der Waals surface area contributed by atoms with Crippen LogP contribution in [0.25, 0.3) is 0 Å². The number of rotatable bonds is 3. The molecule has 19 heavy (non-hydrogen) atoms. The van der Waals surface area contributed by atoms with Crippen LogP contribution in [0.1, 0.15) is 0 Å². The first-order chi connectivity index (χ1) is 8.95. The molecule has 2 aromatic rings. The Kier molecular flexibility index (Phi) is 3.57. The van der Waals surface area contributed by atoms with E-state index in [-0.39, 0.29) is 22.3 Å². The summed E-state index contributed by atoms with van der Waals surface area (Å²) >= 11 is 5.61. The number of aromatic nitrogens is 1. The second kappa shape index (κ2) is 5.15. The Labute approximate surface area is 111 Å². The molecule has 0 unspecified atom stereocenters. The number of benzene rings is 1. The minimum Gasteiger partial charge on any atom is -0.338 e. The van der Waals surface area contributed by atoms with Gasteiger partial charge in [-0.1, -0.05) is 11.6 Å². The number of pyridine rings is 1. The monoisotopic (exact) mass is 285 g/mol. The molecule has 1 N–H and O–H groups in total. The van der Waals surface area contributed by atoms with Crippen molar-refractivity contribution in [3.63, 3.8) is 0 Å². The quantitative estimate of drug-likeness (QED) is 0.531. The van der Waals surface area contributed by atoms with Crippen LogP contribution in [0.2, 0.25) is 5.15 Å². The fourth-order valence-corrected chi connectivity index (χ4v) is 1.59. The van der Waals surface area contributed by atoms with Gasteiger partial charge in [0.2, 0.25) is 0 Å². The highest BCUT2D eigenvalue weighted by molar-refractivity contribution is 6.29. The van der Waals surface area contributed by atoms with E-state index in [0.717, 1.165) is 30.3 Å². The van der Waals surface area contributed by atoms with Crippen molar-refractivity contribution >= 4 is 28.8 Å². The van der Waals surface area contributed by atoms with Crippen molar-refractivity contribution < 1.29 is 13.7 Å². The second-order valence-electron chi connectivity index (χ2n) is 3.54. The molecule has 1 aromatic heterocycles. The summed E-state index contributed by atoms with van der Waals surface area (Å²) in [7, 11) is 0. The predicted molar refractivity (Wildman–Crippen MR) is 65.5 cm³/mol. The number of hydrogen-bond donors (Lipinski definition) is 1. The standard InChI is InChI=1S/C11H6ClF2N3O2/c12-10-4-7(17(18)19)5-11(16-10)15-9-3-6(13)1-2-8(9)14/h1-5H,(H,15,16). The lowest BCUT2D eigenvalue weighted by atomic mass is 10.3. The first-order valence-corrected chi connectivity index (χ1v) is 5.37. The van der Waals surface area contributed by atoms with Crippen LogP contribution in [-0.4, -0.2) is 9.91 Å². The lowest BCUT2D eigenvalue weighted by Gasteiger charge is -2.07. The van der Waals surface area contributed by atoms with Crippen molar-refractivity contribution in [3.8, 4) is 0 Å². The molecular formula is C11H6ClF2N3O2. The minimum atomic E-state index is -0.717. The van der Waals surface area contributed by atoms with Crippen LogP contribution in [0.15, 0.2) is 30.3 Å². The van der Waals surface area contributed by atoms with E-state index in [2.05, 4.69) is 10.3 Å². The molecule has 1 aromatic carbocycles. The van der Waals surface area contributed by atoms with Gasteiger partial charge in [-0.05, 0) is 12.1 Å². The molecule has 0 aliphatic rings. The molecule has 98 valence electrons. The summed E-state index contributed by atoms with van der Waals surface area (Å²) in [5.41, 5.74) is -0.497. The number of hydrogen-bond acceptors (Lipinski definition) is 4. The van der Waals surface area contributed by atoms with E-state index >= 15 is 0 Å². The number of anilines is 2. The molecular weight excluding hydrogens is 280 g/mol. The van der Waals surface area contributed by atoms with Crippen molar-refractivity contribution in [1.82, 2.24) is 4.98 Å². The first-order valence-electron chi connectivity index (χ1n) is 5.00. The summed E-state index contributed by atoms with van der Waals surface area (Å²) in [5, 5.41) is 12.9. The van der Waals surface area contributed by atoms with Gasteiger partial charge in [0.15, 0.2) is 0 Å². The zero-order valence-electron chi connectivity index (χ0n) is 9.23. The lowest BCUT2D eigenvalue weighted by Crippen LogP contribution is -1.99. The second-order valence-corrected chi connectivity index (χ2v) is 3.93. The maximum atomic E-state index is 13.4. The van der Waals surface area contributed by atoms with Crippen molar-refractivity contribution in [3.05, 3.63) is 57.2 Å². The van der Waals surface area contributed by atoms with Crippen LogP contribution in [0.4, 0.5) is 26.0 Å². The molecule has 0 saturated heterocycles. The smallest absolute Gasteiger partial charge is 0.276 e. The van der Waals surface area contributed by atoms with Gasteiger partial charge in [-0.2, -0.15) is 0 Å². The topological polar surface area (TPSA) is 68.1 Å². The van der Waals surface area contributed by atoms with Crippen LogP contribution in [0, 0.1) is 21.7 Å². The average molecular weight is 286 g/mol. The van der Waals surface area contributed by atoms with Crippen molar-refractivity contribution in [1.29, 1.82) is 0 Å². The van der Waals surface area contributed by atoms with Crippen LogP contribution in [-0.2, 0) is 0 Å². The fourth-order valence-electron chi connectivity index (χ4n) is 1.38. The van der Waals surface area contributed by atoms with Gasteiger partial charge in [-0.3, -0.25) is 10.1 Å². The maximum Gasteiger partial charge on any atom is 0.276 e. The van der Waals surface area contributed by atoms with Crippen LogP contribution in [0.3, 0.4) is 0 Å². The Hall–Kier alpha value is -2.28. The van der Waals surface area contributed by atoms with Gasteiger partial charge in [-0.25, -0.2) is 13.8 Å². The number of halogens is 3. The van der Waals surface area contributed by atoms with E-state index in [4.69, 9.17) is 11.6 Å². The fraction of sp³-hybridized carbons (Fsp3) is 0. The van der Waals surface area contributed by atoms with Crippen LogP contribution in [0.5, 0.6) is 0 Å². The van der Waals surface area contributed by atoms with E-state index in [1.165, 1.54) is 0 Å². The zero-order valence-corrected chi connectivity index (χ0v) is 9.99. The lowest BCUT2D eigenvalue weighted by molar-refractivity contribution is -0.384. The van der Waals surface area contributed by atoms with Crippen molar-refractivity contribution in [2.75, 3.05) is 5.32 Å². The molecule has 0 aliphatic heterocycles. The van der Waals surface area contributed by atoms with Gasteiger partial charge in [0.1, 0.15) is 22.6 Å². The molecule has 5 nitrogen and oxygen atoms in total. The van der Waals surface area contributed by atoms with E-state index in [1.807, 2.05) is 0 Å². The Morgan fingerprint density at radius 2 is 2.00 bits per heavy atom. The van der Waals surface area contributed by atoms with Gasteiger partial charge in [0, 0.05) is 6.07 Å². The van der Waals surface area contributed by atoms with E-state index in [0.29, 0.717) is 0 Å². The highest BCUT2D eigenvalue weighted by Crippen LogP contribution is 2.25. The highest BCUT2D eigenvalue weighted by Gasteiger charge is 2.12. The molecule has 0 aliphatic carbocycles. The highest BCUT2D eigenvalue weighted by atomic mass is 35.5. The third-order valence-electron chi connectivity index (χ3n) is 2.18. The molecule has 0 fully saturated rings. The molecule has 0 radical (unpaired) electrons. The van der Waals surface area contributed by atoms with Gasteiger partial charge in [0.05, 0.1) is 22.7 Å². The average Bonchev–Trinajstić information content (AvgIpc) is 2.33. The zero-order chi connectivity index (χ0) is 14.0. The Bertz CT molecular complexity index is 652. The largest absolute Gasteiger partial charge is 0.338 e. The summed E-state index contributed by atoms with van der Waals surface area (Å²) < 4.78 is 26.4. The molecule has 0 spiro atoms. The summed E-state index contributed by atoms with van der Waals surface area (Å²) in [6.45, 7) is 0. The van der Waals surface area contributed by atoms with Crippen molar-refractivity contribution in [2.24, 2.45) is 0 Å². The Balaban J connectivity index is 2.38. The number of nitro groups is 1. The molecule has 1 heterocycles. The maximum absolute atomic E-state index is 13.4. The number of nitrogens with one attached hydrogen (secondary N) is 1. The van der Waals surface area contributed by atoms with Crippen LogP contribution >= 0.6 is 11.6 Å². The molecule has 0 saturated carbocycles.